The minimum absolute atomic E-state index is 0.00487. The minimum atomic E-state index is -0.676. The Morgan fingerprint density at radius 1 is 0.430 bits per heavy atom. The Morgan fingerprint density at radius 2 is 0.726 bits per heavy atom. The maximum absolute atomic E-state index is 12.2. The molecule has 5 saturated heterocycles. The first kappa shape index (κ1) is 103. The monoisotopic (exact) mass is 1970 g/mol. The van der Waals surface area contributed by atoms with E-state index in [1.165, 1.54) is 88.6 Å². The molecule has 5 aliphatic heterocycles. The molecule has 8 amide bonds. The normalized spacial score (nSPS) is 16.5. The average molecular weight is 1970 g/mol. The quantitative estimate of drug-likeness (QED) is 0.0297. The molecule has 135 heavy (non-hydrogen) atoms. The number of anilines is 14. The SMILES string of the molecule is CC(C)(C)OC(=O)N1CC[C@H](Nc2cnc(C#N)c(Cl)n2)C1.Cc1cc(N)sn1.Cc1cc(Nc2nc(N[C@H]3CCN(C(=O)N(C)C)C3)cnc2C(N)=O)sn1.Cc1cc(Nc2nc(N[C@H]3CCN(C(=O)OC(C)(C)C)C3)cnc2C#N)sn1.Cc1cc(Nc2nc(N[C@H]3CCN(C(=O)OC(C)(C)C)C3)cnc2C(N)=O)sn1.Cc1cc(Nc2nc(N[C@H]3CCNC3)cnc2C(N)=O)sn1. The van der Waals surface area contributed by atoms with Gasteiger partial charge in [-0.25, -0.2) is 69.0 Å². The Bertz CT molecular complexity index is 5840. The van der Waals surface area contributed by atoms with Gasteiger partial charge in [-0.15, -0.1) is 0 Å². The molecule has 10 aromatic heterocycles. The van der Waals surface area contributed by atoms with Gasteiger partial charge in [0.25, 0.3) is 17.7 Å². The van der Waals surface area contributed by atoms with Crippen LogP contribution in [0.3, 0.4) is 0 Å². The van der Waals surface area contributed by atoms with E-state index < -0.39 is 34.5 Å². The summed E-state index contributed by atoms with van der Waals surface area (Å²) in [6.45, 7) is 32.5. The summed E-state index contributed by atoms with van der Waals surface area (Å²) in [5, 5.41) is 53.8. The number of aromatic nitrogens is 15. The Morgan fingerprint density at radius 3 is 1.00 bits per heavy atom. The van der Waals surface area contributed by atoms with Gasteiger partial charge < -0.3 is 115 Å². The van der Waals surface area contributed by atoms with Crippen molar-refractivity contribution in [3.05, 3.63) is 123 Å². The Hall–Kier alpha value is -13.7. The van der Waals surface area contributed by atoms with E-state index in [1.807, 2.05) is 139 Å². The third kappa shape index (κ3) is 32.9. The number of amides is 8. The van der Waals surface area contributed by atoms with Crippen LogP contribution in [-0.4, -0.2) is 265 Å². The van der Waals surface area contributed by atoms with Crippen molar-refractivity contribution < 1.29 is 47.8 Å². The fourth-order valence-electron chi connectivity index (χ4n) is 13.1. The van der Waals surface area contributed by atoms with E-state index in [9.17, 15) is 38.8 Å². The van der Waals surface area contributed by atoms with E-state index in [0.717, 1.165) is 98.7 Å². The van der Waals surface area contributed by atoms with Gasteiger partial charge in [-0.1, -0.05) is 11.6 Å². The van der Waals surface area contributed by atoms with Crippen LogP contribution in [0.4, 0.5) is 96.5 Å². The van der Waals surface area contributed by atoms with Gasteiger partial charge in [0.2, 0.25) is 0 Å². The molecule has 0 aliphatic carbocycles. The van der Waals surface area contributed by atoms with Crippen LogP contribution in [0.5, 0.6) is 0 Å². The summed E-state index contributed by atoms with van der Waals surface area (Å²) in [7, 11) is 3.46. The van der Waals surface area contributed by atoms with Crippen molar-refractivity contribution >= 4 is 189 Å². The molecule has 5 fully saturated rings. The van der Waals surface area contributed by atoms with Gasteiger partial charge in [-0.2, -0.15) is 32.4 Å². The van der Waals surface area contributed by atoms with Crippen LogP contribution in [0.15, 0.2) is 61.3 Å². The summed E-state index contributed by atoms with van der Waals surface area (Å²) in [6, 6.07) is 13.6. The second-order valence-electron chi connectivity index (χ2n) is 34.5. The molecule has 0 spiro atoms. The van der Waals surface area contributed by atoms with E-state index in [-0.39, 0.29) is 93.7 Å². The molecule has 0 bridgehead atoms. The summed E-state index contributed by atoms with van der Waals surface area (Å²) in [5.41, 5.74) is 25.0. The highest BCUT2D eigenvalue weighted by Crippen LogP contribution is 2.32. The zero-order valence-corrected chi connectivity index (χ0v) is 82.3. The van der Waals surface area contributed by atoms with Gasteiger partial charge in [-0.05, 0) is 224 Å². The number of nitrogens with two attached hydrogens (primary N) is 4. The number of nitriles is 2. The van der Waals surface area contributed by atoms with Crippen molar-refractivity contribution in [3.8, 4) is 12.1 Å². The van der Waals surface area contributed by atoms with E-state index in [4.69, 9.17) is 54.0 Å². The summed E-state index contributed by atoms with van der Waals surface area (Å²) < 4.78 is 36.9. The molecular formula is C83H111ClN36O10S5. The molecule has 0 radical (unpaired) electrons. The number of urea groups is 1. The number of rotatable bonds is 21. The fourth-order valence-corrected chi connectivity index (χ4v) is 16.5. The number of nitrogen functional groups attached to an aromatic ring is 1. The van der Waals surface area contributed by atoms with Gasteiger partial charge in [-0.3, -0.25) is 14.4 Å². The molecule has 15 rings (SSSR count). The highest BCUT2D eigenvalue weighted by Gasteiger charge is 2.35. The summed E-state index contributed by atoms with van der Waals surface area (Å²) in [6.07, 6.45) is 10.6. The second kappa shape index (κ2) is 47.3. The number of carbonyl (C=O) groups is 7. The van der Waals surface area contributed by atoms with Gasteiger partial charge in [0.1, 0.15) is 83.0 Å². The summed E-state index contributed by atoms with van der Waals surface area (Å²) in [5.74, 6) is 1.91. The van der Waals surface area contributed by atoms with Crippen LogP contribution in [-0.2, 0) is 14.2 Å². The third-order valence-corrected chi connectivity index (χ3v) is 23.2. The molecule has 5 aliphatic rings. The smallest absolute Gasteiger partial charge is 0.410 e. The predicted molar refractivity (Wildman–Crippen MR) is 519 cm³/mol. The van der Waals surface area contributed by atoms with Gasteiger partial charge in [0.05, 0.1) is 59.5 Å². The lowest BCUT2D eigenvalue weighted by Gasteiger charge is -2.24. The topological polar surface area (TPSA) is 629 Å². The molecule has 720 valence electrons. The van der Waals surface area contributed by atoms with Crippen molar-refractivity contribution in [2.75, 3.05) is 133 Å². The zero-order valence-electron chi connectivity index (χ0n) is 77.4. The van der Waals surface area contributed by atoms with E-state index in [1.54, 1.807) is 38.6 Å². The number of nitrogens with zero attached hydrogens (tertiary/aromatic N) is 22. The first-order chi connectivity index (χ1) is 63.8. The number of carbonyl (C=O) groups excluding carboxylic acids is 7. The summed E-state index contributed by atoms with van der Waals surface area (Å²) in [4.78, 5) is 134. The Labute approximate surface area is 805 Å². The number of ether oxygens (including phenoxy) is 3. The molecule has 46 nitrogen and oxygen atoms in total. The van der Waals surface area contributed by atoms with Crippen molar-refractivity contribution in [1.29, 1.82) is 10.5 Å². The van der Waals surface area contributed by atoms with Crippen molar-refractivity contribution in [2.45, 2.75) is 176 Å². The number of primary amides is 3. The highest BCUT2D eigenvalue weighted by molar-refractivity contribution is 7.11. The standard InChI is InChI=1S/C18H25N7O3S.C18H23N7O2S.C16H22N8O2S.C14H18ClN5O2.C13H17N7OS.C4H6N2S/c1-10-7-13(29-24-10)23-16-14(15(19)26)20-8-12(22-16)21-11-5-6-25(9-11)17(27)28-18(2,3)4;1-11-7-15(28-24-11)23-16-13(8-19)20-9-14(22-16)21-12-5-6-25(10-12)17(26)27-18(2,3)4;1-9-6-12(27-22-9)21-15-13(14(17)25)18-7-11(20-15)19-10-4-5-24(8-10)16(26)23(2)3;1-14(2,3)22-13(21)20-5-4-9(8-20)18-11-7-17-10(6-16)12(15)19-11;1-7-4-10(22-20-7)19-13-11(12(14)21)16-6-9(18-13)17-8-2-3-15-5-8;1-3-2-4(5)7-6-3/h7-8,11H,5-6,9H2,1-4H3,(H2,19,26)(H2,21,22,23);7,9,12H,5-6,10H2,1-4H3,(H2,21,22,23);6-7,10H,4-5,8H2,1-3H3,(H2,17,25)(H2,19,20,21);7,9H,4-5,8H2,1-3H3,(H,18,19);4,6,8,15H,2-3,5H2,1H3,(H2,14,21)(H2,17,18,19);2H,5H2,1H3/t11-;12-;10-;9-;8-;/m00000./s1. The van der Waals surface area contributed by atoms with Crippen molar-refractivity contribution in [1.82, 2.24) is 102 Å². The molecule has 0 saturated carbocycles. The number of hydrogen-bond acceptors (Lipinski definition) is 43. The molecule has 0 unspecified atom stereocenters. The number of hydrogen-bond donors (Lipinski definition) is 14. The van der Waals surface area contributed by atoms with Crippen molar-refractivity contribution in [3.63, 3.8) is 0 Å². The molecule has 10 aromatic rings. The number of likely N-dealkylation sites (tertiary alicyclic amines) is 4. The third-order valence-electron chi connectivity index (χ3n) is 19.0. The fraction of sp³-hybridized carbons (Fsp3) is 0.470. The number of aryl methyl sites for hydroxylation is 5. The van der Waals surface area contributed by atoms with E-state index in [2.05, 4.69) is 125 Å². The maximum Gasteiger partial charge on any atom is 0.410 e. The predicted octanol–water partition coefficient (Wildman–Crippen LogP) is 11.3. The molecule has 5 atom stereocenters. The first-order valence-electron chi connectivity index (χ1n) is 42.5. The molecule has 15 heterocycles. The van der Waals surface area contributed by atoms with Crippen LogP contribution in [0, 0.1) is 57.3 Å². The minimum Gasteiger partial charge on any atom is -0.444 e. The van der Waals surface area contributed by atoms with Crippen molar-refractivity contribution in [2.24, 2.45) is 17.2 Å². The second-order valence-corrected chi connectivity index (χ2v) is 38.9. The van der Waals surface area contributed by atoms with Gasteiger partial charge >= 0.3 is 24.3 Å². The molecule has 52 heteroatoms. The lowest BCUT2D eigenvalue weighted by molar-refractivity contribution is 0.0283. The zero-order chi connectivity index (χ0) is 98.2. The lowest BCUT2D eigenvalue weighted by Crippen LogP contribution is -2.38. The number of halogens is 1. The van der Waals surface area contributed by atoms with Gasteiger partial charge in [0.15, 0.2) is 56.9 Å². The number of nitrogens with one attached hydrogen (secondary N) is 10. The lowest BCUT2D eigenvalue weighted by atomic mass is 10.2. The Kier molecular flexibility index (Phi) is 36.2. The van der Waals surface area contributed by atoms with Crippen LogP contribution in [0.2, 0.25) is 5.15 Å². The van der Waals surface area contributed by atoms with Crippen LogP contribution in [0.1, 0.15) is 166 Å². The van der Waals surface area contributed by atoms with Crippen LogP contribution >= 0.6 is 69.3 Å². The van der Waals surface area contributed by atoms with E-state index >= 15 is 0 Å². The largest absolute Gasteiger partial charge is 0.444 e. The molecule has 18 N–H and O–H groups in total. The van der Waals surface area contributed by atoms with Gasteiger partial charge in [0, 0.05) is 103 Å². The van der Waals surface area contributed by atoms with Crippen LogP contribution < -0.4 is 76.1 Å². The highest BCUT2D eigenvalue weighted by atomic mass is 35.5. The van der Waals surface area contributed by atoms with E-state index in [0.29, 0.717) is 99.1 Å². The average Bonchev–Trinajstić information content (AvgIpc) is 1.11. The van der Waals surface area contributed by atoms with Crippen LogP contribution in [0.25, 0.3) is 0 Å². The maximum atomic E-state index is 12.2. The Balaban J connectivity index is 0.000000172. The molecular weight excluding hydrogens is 1860 g/mol. The first-order valence-corrected chi connectivity index (χ1v) is 46.7. The summed E-state index contributed by atoms with van der Waals surface area (Å²) >= 11 is 12.3. The molecule has 0 aromatic carbocycles.